The summed E-state index contributed by atoms with van der Waals surface area (Å²) in [6, 6.07) is 7.78. The summed E-state index contributed by atoms with van der Waals surface area (Å²) in [5.74, 6) is -1.28. The number of benzene rings is 1. The van der Waals surface area contributed by atoms with Crippen LogP contribution in [-0.4, -0.2) is 42.3 Å². The van der Waals surface area contributed by atoms with Crippen molar-refractivity contribution in [3.63, 3.8) is 0 Å². The molecule has 0 saturated heterocycles. The number of unbranched alkanes of at least 4 members (excludes halogenated alkanes) is 12. The van der Waals surface area contributed by atoms with Crippen LogP contribution in [0.15, 0.2) is 35.3 Å². The normalized spacial score (nSPS) is 12.3. The van der Waals surface area contributed by atoms with Crippen molar-refractivity contribution in [3.05, 3.63) is 35.9 Å². The first kappa shape index (κ1) is 34.9. The van der Waals surface area contributed by atoms with Gasteiger partial charge in [0.2, 0.25) is 17.7 Å². The van der Waals surface area contributed by atoms with Crippen LogP contribution < -0.4 is 27.8 Å². The third kappa shape index (κ3) is 18.2. The third-order valence-corrected chi connectivity index (χ3v) is 7.05. The summed E-state index contributed by atoms with van der Waals surface area (Å²) in [7, 11) is 0. The molecule has 9 nitrogen and oxygen atoms in total. The van der Waals surface area contributed by atoms with Gasteiger partial charge in [0, 0.05) is 19.4 Å². The molecule has 0 heterocycles. The fourth-order valence-electron chi connectivity index (χ4n) is 4.69. The van der Waals surface area contributed by atoms with Crippen LogP contribution >= 0.6 is 0 Å². The minimum Gasteiger partial charge on any atom is -0.370 e. The fraction of sp³-hybridized carbons (Fsp3) is 0.677. The zero-order valence-electron chi connectivity index (χ0n) is 24.7. The Bertz CT molecular complexity index is 858. The lowest BCUT2D eigenvalue weighted by Crippen LogP contribution is -2.53. The number of amides is 3. The van der Waals surface area contributed by atoms with Crippen molar-refractivity contribution in [3.8, 4) is 0 Å². The molecule has 9 heteroatoms. The van der Waals surface area contributed by atoms with Crippen LogP contribution in [0.4, 0.5) is 0 Å². The van der Waals surface area contributed by atoms with Gasteiger partial charge in [-0.1, -0.05) is 114 Å². The molecule has 8 N–H and O–H groups in total. The molecular weight excluding hydrogens is 504 g/mol. The molecule has 3 amide bonds. The number of carbonyl (C=O) groups excluding carboxylic acids is 3. The smallest absolute Gasteiger partial charge is 0.243 e. The van der Waals surface area contributed by atoms with Crippen LogP contribution in [-0.2, 0) is 20.8 Å². The number of guanidine groups is 1. The van der Waals surface area contributed by atoms with Gasteiger partial charge in [-0.15, -0.1) is 0 Å². The van der Waals surface area contributed by atoms with Crippen molar-refractivity contribution in [2.45, 2.75) is 128 Å². The van der Waals surface area contributed by atoms with Gasteiger partial charge in [0.15, 0.2) is 5.96 Å². The number of hydrogen-bond donors (Lipinski definition) is 5. The first-order chi connectivity index (χ1) is 19.3. The van der Waals surface area contributed by atoms with Crippen molar-refractivity contribution >= 4 is 23.7 Å². The molecule has 0 fully saturated rings. The van der Waals surface area contributed by atoms with Gasteiger partial charge in [-0.2, -0.15) is 0 Å². The highest BCUT2D eigenvalue weighted by Gasteiger charge is 2.25. The number of nitrogens with zero attached hydrogens (tertiary/aromatic N) is 1. The Kier molecular flexibility index (Phi) is 19.8. The van der Waals surface area contributed by atoms with E-state index in [2.05, 4.69) is 22.5 Å². The van der Waals surface area contributed by atoms with E-state index >= 15 is 0 Å². The van der Waals surface area contributed by atoms with Crippen LogP contribution in [0.2, 0.25) is 0 Å². The molecule has 0 radical (unpaired) electrons. The zero-order chi connectivity index (χ0) is 29.4. The molecule has 1 aromatic carbocycles. The van der Waals surface area contributed by atoms with E-state index in [1.54, 1.807) is 0 Å². The van der Waals surface area contributed by atoms with Gasteiger partial charge in [0.1, 0.15) is 12.1 Å². The van der Waals surface area contributed by atoms with Crippen molar-refractivity contribution in [1.29, 1.82) is 0 Å². The SMILES string of the molecule is CCCCCCCCCCCCCCCC(=O)N[C@H](Cc1ccccc1)C(=O)N[C@@H](CCCN=C(N)N)C(N)=O. The Morgan fingerprint density at radius 2 is 1.27 bits per heavy atom. The van der Waals surface area contributed by atoms with E-state index in [9.17, 15) is 14.4 Å². The van der Waals surface area contributed by atoms with Crippen LogP contribution in [0.1, 0.15) is 115 Å². The molecular formula is C31H54N6O3. The van der Waals surface area contributed by atoms with E-state index in [0.717, 1.165) is 24.8 Å². The molecule has 0 spiro atoms. The predicted molar refractivity (Wildman–Crippen MR) is 163 cm³/mol. The molecule has 0 aromatic heterocycles. The maximum Gasteiger partial charge on any atom is 0.243 e. The minimum atomic E-state index is -0.877. The lowest BCUT2D eigenvalue weighted by Gasteiger charge is -2.22. The molecule has 0 unspecified atom stereocenters. The standard InChI is InChI=1S/C31H54N6O3/c1-2-3-4-5-6-7-8-9-10-11-12-13-17-22-28(38)36-27(24-25-19-15-14-16-20-25)30(40)37-26(29(32)39)21-18-23-35-31(33)34/h14-16,19-20,26-27H,2-13,17-18,21-24H2,1H3,(H2,32,39)(H,36,38)(H,37,40)(H4,33,34,35)/t26-,27+/m0/s1. The Balaban J connectivity index is 2.43. The predicted octanol–water partition coefficient (Wildman–Crippen LogP) is 4.22. The number of primary amides is 1. The van der Waals surface area contributed by atoms with Gasteiger partial charge >= 0.3 is 0 Å². The highest BCUT2D eigenvalue weighted by Crippen LogP contribution is 2.13. The van der Waals surface area contributed by atoms with Crippen molar-refractivity contribution in [2.24, 2.45) is 22.2 Å². The lowest BCUT2D eigenvalue weighted by molar-refractivity contribution is -0.131. The second kappa shape index (κ2) is 22.7. The van der Waals surface area contributed by atoms with E-state index in [0.29, 0.717) is 32.2 Å². The van der Waals surface area contributed by atoms with E-state index in [1.807, 2.05) is 30.3 Å². The number of nitrogens with two attached hydrogens (primary N) is 3. The first-order valence-corrected chi connectivity index (χ1v) is 15.3. The maximum atomic E-state index is 13.1. The van der Waals surface area contributed by atoms with Crippen molar-refractivity contribution in [2.75, 3.05) is 6.54 Å². The molecule has 0 saturated carbocycles. The van der Waals surface area contributed by atoms with Gasteiger partial charge in [-0.3, -0.25) is 19.4 Å². The monoisotopic (exact) mass is 558 g/mol. The number of hydrogen-bond acceptors (Lipinski definition) is 4. The molecule has 0 aliphatic heterocycles. The summed E-state index contributed by atoms with van der Waals surface area (Å²) < 4.78 is 0. The van der Waals surface area contributed by atoms with Gasteiger partial charge < -0.3 is 27.8 Å². The molecule has 40 heavy (non-hydrogen) atoms. The average molecular weight is 559 g/mol. The molecule has 2 atom stereocenters. The Morgan fingerprint density at radius 3 is 1.80 bits per heavy atom. The van der Waals surface area contributed by atoms with E-state index in [1.165, 1.54) is 64.2 Å². The summed E-state index contributed by atoms with van der Waals surface area (Å²) >= 11 is 0. The number of carbonyl (C=O) groups is 3. The van der Waals surface area contributed by atoms with E-state index < -0.39 is 23.9 Å². The Hall–Kier alpha value is -3.10. The van der Waals surface area contributed by atoms with Crippen molar-refractivity contribution < 1.29 is 14.4 Å². The van der Waals surface area contributed by atoms with Gasteiger partial charge in [-0.05, 0) is 24.8 Å². The number of nitrogens with one attached hydrogen (secondary N) is 2. The Morgan fingerprint density at radius 1 is 0.725 bits per heavy atom. The van der Waals surface area contributed by atoms with Crippen LogP contribution in [0.25, 0.3) is 0 Å². The summed E-state index contributed by atoms with van der Waals surface area (Å²) in [6.07, 6.45) is 17.6. The quantitative estimate of drug-likeness (QED) is 0.0727. The summed E-state index contributed by atoms with van der Waals surface area (Å²) in [5, 5.41) is 5.59. The second-order valence-electron chi connectivity index (χ2n) is 10.7. The maximum absolute atomic E-state index is 13.1. The summed E-state index contributed by atoms with van der Waals surface area (Å²) in [6.45, 7) is 2.57. The van der Waals surface area contributed by atoms with Crippen LogP contribution in [0.5, 0.6) is 0 Å². The highest BCUT2D eigenvalue weighted by atomic mass is 16.2. The molecule has 0 bridgehead atoms. The number of rotatable bonds is 24. The van der Waals surface area contributed by atoms with Gasteiger partial charge in [0.25, 0.3) is 0 Å². The topological polar surface area (TPSA) is 166 Å². The largest absolute Gasteiger partial charge is 0.370 e. The summed E-state index contributed by atoms with van der Waals surface area (Å²) in [5.41, 5.74) is 17.1. The van der Waals surface area contributed by atoms with Crippen LogP contribution in [0.3, 0.4) is 0 Å². The van der Waals surface area contributed by atoms with Crippen molar-refractivity contribution in [1.82, 2.24) is 10.6 Å². The zero-order valence-corrected chi connectivity index (χ0v) is 24.7. The summed E-state index contributed by atoms with van der Waals surface area (Å²) in [4.78, 5) is 41.7. The molecule has 1 aromatic rings. The lowest BCUT2D eigenvalue weighted by atomic mass is 10.0. The Labute approximate surface area is 241 Å². The van der Waals surface area contributed by atoms with Gasteiger partial charge in [-0.25, -0.2) is 0 Å². The second-order valence-corrected chi connectivity index (χ2v) is 10.7. The van der Waals surface area contributed by atoms with E-state index in [4.69, 9.17) is 17.2 Å². The fourth-order valence-corrected chi connectivity index (χ4v) is 4.69. The first-order valence-electron chi connectivity index (χ1n) is 15.3. The molecule has 1 rings (SSSR count). The number of aliphatic imine (C=N–C) groups is 1. The average Bonchev–Trinajstić information content (AvgIpc) is 2.92. The van der Waals surface area contributed by atoms with Gasteiger partial charge in [0.05, 0.1) is 0 Å². The molecule has 0 aliphatic rings. The minimum absolute atomic E-state index is 0.0335. The molecule has 0 aliphatic carbocycles. The van der Waals surface area contributed by atoms with Crippen LogP contribution in [0, 0.1) is 0 Å². The molecule has 226 valence electrons. The third-order valence-electron chi connectivity index (χ3n) is 7.05. The van der Waals surface area contributed by atoms with E-state index in [-0.39, 0.29) is 11.9 Å². The highest BCUT2D eigenvalue weighted by molar-refractivity contribution is 5.91.